The zero-order chi connectivity index (χ0) is 23.3. The number of carbonyl (C=O) groups excluding carboxylic acids is 1. The number of amides is 1. The number of benzene rings is 2. The maximum absolute atomic E-state index is 13.8. The van der Waals surface area contributed by atoms with Crippen molar-refractivity contribution in [2.24, 2.45) is 0 Å². The Labute approximate surface area is 203 Å². The first kappa shape index (κ1) is 24.6. The average Bonchev–Trinajstić information content (AvgIpc) is 3.20. The molecule has 0 fully saturated rings. The van der Waals surface area contributed by atoms with Crippen LogP contribution < -0.4 is 10.0 Å². The maximum Gasteiger partial charge on any atom is 0.407 e. The lowest BCUT2D eigenvalue weighted by molar-refractivity contribution is 0.0529. The summed E-state index contributed by atoms with van der Waals surface area (Å²) in [7, 11) is 0. The molecule has 0 aliphatic carbocycles. The average molecular weight is 542 g/mol. The van der Waals surface area contributed by atoms with Crippen LogP contribution in [0.15, 0.2) is 52.0 Å². The van der Waals surface area contributed by atoms with Crippen molar-refractivity contribution >= 4 is 45.6 Å². The van der Waals surface area contributed by atoms with Crippen molar-refractivity contribution in [1.29, 1.82) is 0 Å². The van der Waals surface area contributed by atoms with E-state index in [9.17, 15) is 9.18 Å². The second-order valence-corrected chi connectivity index (χ2v) is 10.0. The number of alkyl carbamates (subject to hydrolysis) is 1. The van der Waals surface area contributed by atoms with Crippen LogP contribution in [0.2, 0.25) is 5.02 Å². The molecule has 0 saturated heterocycles. The van der Waals surface area contributed by atoms with Crippen molar-refractivity contribution in [2.45, 2.75) is 31.3 Å². The van der Waals surface area contributed by atoms with Crippen LogP contribution in [-0.2, 0) is 4.74 Å². The van der Waals surface area contributed by atoms with E-state index in [1.165, 1.54) is 18.0 Å². The Kier molecular flexibility index (Phi) is 8.21. The number of H-pyrrole nitrogens is 1. The highest BCUT2D eigenvalue weighted by atomic mass is 79.9. The van der Waals surface area contributed by atoms with Crippen molar-refractivity contribution < 1.29 is 13.9 Å². The Bertz CT molecular complexity index is 1100. The van der Waals surface area contributed by atoms with E-state index in [1.54, 1.807) is 18.3 Å². The van der Waals surface area contributed by atoms with Gasteiger partial charge in [-0.2, -0.15) is 0 Å². The molecule has 2 aromatic carbocycles. The lowest BCUT2D eigenvalue weighted by Crippen LogP contribution is -2.35. The number of imidazole rings is 1. The Morgan fingerprint density at radius 3 is 2.69 bits per heavy atom. The molecule has 1 heterocycles. The SMILES string of the molecule is CC(C)(C)OC(=O)NCCNSc1cc(-c2ncc(-c3ccc(Br)c(F)c3)[nH]2)ccc1Cl. The number of halogens is 3. The lowest BCUT2D eigenvalue weighted by atomic mass is 10.2. The van der Waals surface area contributed by atoms with E-state index in [4.69, 9.17) is 16.3 Å². The van der Waals surface area contributed by atoms with Gasteiger partial charge < -0.3 is 15.0 Å². The molecule has 0 spiro atoms. The summed E-state index contributed by atoms with van der Waals surface area (Å²) in [5.74, 6) is 0.310. The van der Waals surface area contributed by atoms with E-state index in [2.05, 4.69) is 35.9 Å². The summed E-state index contributed by atoms with van der Waals surface area (Å²) in [4.78, 5) is 20.1. The molecule has 3 N–H and O–H groups in total. The number of rotatable bonds is 7. The zero-order valence-corrected chi connectivity index (χ0v) is 20.9. The minimum atomic E-state index is -0.530. The molecule has 3 rings (SSSR count). The molecule has 6 nitrogen and oxygen atoms in total. The van der Waals surface area contributed by atoms with Gasteiger partial charge in [-0.05, 0) is 79.0 Å². The molecule has 3 aromatic rings. The van der Waals surface area contributed by atoms with Gasteiger partial charge in [0.15, 0.2) is 0 Å². The van der Waals surface area contributed by atoms with Crippen molar-refractivity contribution in [3.05, 3.63) is 57.9 Å². The first-order valence-corrected chi connectivity index (χ1v) is 11.8. The van der Waals surface area contributed by atoms with E-state index in [1.807, 2.05) is 39.0 Å². The number of nitrogens with zero attached hydrogens (tertiary/aromatic N) is 1. The van der Waals surface area contributed by atoms with Crippen LogP contribution in [0.3, 0.4) is 0 Å². The zero-order valence-electron chi connectivity index (χ0n) is 17.8. The standard InChI is InChI=1S/C22H23BrClFN4O2S/c1-22(2,3)31-21(30)26-8-9-28-32-19-11-14(5-7-16(19)24)20-27-12-18(29-20)13-4-6-15(23)17(25)10-13/h4-7,10-12,28H,8-9H2,1-3H3,(H,26,30)(H,27,29). The van der Waals surface area contributed by atoms with E-state index in [0.29, 0.717) is 39.7 Å². The molecular formula is C22H23BrClFN4O2S. The van der Waals surface area contributed by atoms with Gasteiger partial charge in [-0.15, -0.1) is 0 Å². The molecule has 170 valence electrons. The first-order chi connectivity index (χ1) is 15.1. The van der Waals surface area contributed by atoms with Crippen LogP contribution in [0.25, 0.3) is 22.6 Å². The predicted molar refractivity (Wildman–Crippen MR) is 130 cm³/mol. The summed E-state index contributed by atoms with van der Waals surface area (Å²) in [5.41, 5.74) is 1.72. The monoisotopic (exact) mass is 540 g/mol. The highest BCUT2D eigenvalue weighted by Gasteiger charge is 2.15. The van der Waals surface area contributed by atoms with Crippen LogP contribution in [0, 0.1) is 5.82 Å². The van der Waals surface area contributed by atoms with Gasteiger partial charge in [0.05, 0.1) is 21.4 Å². The second kappa shape index (κ2) is 10.7. The molecule has 0 unspecified atom stereocenters. The van der Waals surface area contributed by atoms with Crippen molar-refractivity contribution in [3.63, 3.8) is 0 Å². The van der Waals surface area contributed by atoms with Crippen molar-refractivity contribution in [1.82, 2.24) is 20.0 Å². The molecule has 1 aromatic heterocycles. The first-order valence-electron chi connectivity index (χ1n) is 9.79. The summed E-state index contributed by atoms with van der Waals surface area (Å²) >= 11 is 10.8. The quantitative estimate of drug-likeness (QED) is 0.238. The van der Waals surface area contributed by atoms with Crippen LogP contribution in [0.5, 0.6) is 0 Å². The third-order valence-electron chi connectivity index (χ3n) is 4.09. The summed E-state index contributed by atoms with van der Waals surface area (Å²) in [6.45, 7) is 6.37. The van der Waals surface area contributed by atoms with E-state index in [0.717, 1.165) is 10.5 Å². The third kappa shape index (κ3) is 6.96. The molecule has 1 amide bonds. The van der Waals surface area contributed by atoms with Gasteiger partial charge in [0, 0.05) is 29.1 Å². The summed E-state index contributed by atoms with van der Waals surface area (Å²) < 4.78 is 22.6. The second-order valence-electron chi connectivity index (χ2n) is 7.84. The van der Waals surface area contributed by atoms with Gasteiger partial charge in [0.2, 0.25) is 0 Å². The molecule has 0 aliphatic rings. The Balaban J connectivity index is 1.59. The number of hydrogen-bond acceptors (Lipinski definition) is 5. The molecule has 0 bridgehead atoms. The highest BCUT2D eigenvalue weighted by molar-refractivity contribution is 9.10. The molecule has 0 atom stereocenters. The van der Waals surface area contributed by atoms with Crippen molar-refractivity contribution in [3.8, 4) is 22.6 Å². The van der Waals surface area contributed by atoms with E-state index in [-0.39, 0.29) is 5.82 Å². The van der Waals surface area contributed by atoms with Crippen LogP contribution >= 0.6 is 39.5 Å². The van der Waals surface area contributed by atoms with Gasteiger partial charge >= 0.3 is 6.09 Å². The van der Waals surface area contributed by atoms with Crippen LogP contribution in [-0.4, -0.2) is 34.8 Å². The molecule has 0 saturated carbocycles. The van der Waals surface area contributed by atoms with E-state index >= 15 is 0 Å². The predicted octanol–water partition coefficient (Wildman–Crippen LogP) is 6.42. The number of aromatic nitrogens is 2. The maximum atomic E-state index is 13.8. The Morgan fingerprint density at radius 1 is 1.22 bits per heavy atom. The molecule has 10 heteroatoms. The van der Waals surface area contributed by atoms with Gasteiger partial charge in [0.1, 0.15) is 17.2 Å². The summed E-state index contributed by atoms with van der Waals surface area (Å²) in [6.07, 6.45) is 1.21. The number of hydrogen-bond donors (Lipinski definition) is 3. The minimum Gasteiger partial charge on any atom is -0.444 e. The number of nitrogens with one attached hydrogen (secondary N) is 3. The highest BCUT2D eigenvalue weighted by Crippen LogP contribution is 2.31. The summed E-state index contributed by atoms with van der Waals surface area (Å²) in [6, 6.07) is 10.5. The minimum absolute atomic E-state index is 0.337. The fourth-order valence-corrected chi connectivity index (χ4v) is 3.86. The smallest absolute Gasteiger partial charge is 0.407 e. The van der Waals surface area contributed by atoms with Crippen molar-refractivity contribution in [2.75, 3.05) is 13.1 Å². The fourth-order valence-electron chi connectivity index (χ4n) is 2.67. The molecule has 32 heavy (non-hydrogen) atoms. The van der Waals surface area contributed by atoms with Gasteiger partial charge in [0.25, 0.3) is 0 Å². The van der Waals surface area contributed by atoms with E-state index < -0.39 is 11.7 Å². The molecular weight excluding hydrogens is 519 g/mol. The fraction of sp³-hybridized carbons (Fsp3) is 0.273. The summed E-state index contributed by atoms with van der Waals surface area (Å²) in [5, 5.41) is 3.28. The van der Waals surface area contributed by atoms with Gasteiger partial charge in [-0.1, -0.05) is 17.7 Å². The molecule has 0 radical (unpaired) electrons. The topological polar surface area (TPSA) is 79.0 Å². The van der Waals surface area contributed by atoms with Gasteiger partial charge in [-0.25, -0.2) is 14.2 Å². The van der Waals surface area contributed by atoms with Crippen LogP contribution in [0.4, 0.5) is 9.18 Å². The Morgan fingerprint density at radius 2 is 1.97 bits per heavy atom. The lowest BCUT2D eigenvalue weighted by Gasteiger charge is -2.19. The van der Waals surface area contributed by atoms with Crippen LogP contribution in [0.1, 0.15) is 20.8 Å². The third-order valence-corrected chi connectivity index (χ3v) is 6.08. The largest absolute Gasteiger partial charge is 0.444 e. The molecule has 0 aliphatic heterocycles. The Hall–Kier alpha value is -2.07. The normalized spacial score (nSPS) is 11.4. The number of carbonyl (C=O) groups is 1. The van der Waals surface area contributed by atoms with Gasteiger partial charge in [-0.3, -0.25) is 4.72 Å². The number of ether oxygens (including phenoxy) is 1. The number of aromatic amines is 1.